The molecule has 0 unspecified atom stereocenters. The predicted octanol–water partition coefficient (Wildman–Crippen LogP) is 5.98. The largest absolute Gasteiger partial charge is 0.390 e. The van der Waals surface area contributed by atoms with Crippen LogP contribution in [0.1, 0.15) is 142 Å². The van der Waals surface area contributed by atoms with Crippen molar-refractivity contribution >= 4 is 11.9 Å². The minimum atomic E-state index is -0.424. The average molecular weight is 511 g/mol. The Hall–Kier alpha value is -1.66. The fourth-order valence-electron chi connectivity index (χ4n) is 4.06. The Bertz CT molecular complexity index is 501. The van der Waals surface area contributed by atoms with Crippen molar-refractivity contribution in [1.29, 1.82) is 0 Å². The second kappa shape index (κ2) is 29.6. The number of quaternary nitrogens is 2. The maximum absolute atomic E-state index is 11.7. The molecule has 0 rings (SSSR count). The van der Waals surface area contributed by atoms with E-state index in [2.05, 4.69) is 13.8 Å². The number of rotatable bonds is 27. The highest BCUT2D eigenvalue weighted by atomic mass is 16.7. The lowest BCUT2D eigenvalue weighted by molar-refractivity contribution is -0.871. The first kappa shape index (κ1) is 34.3. The van der Waals surface area contributed by atoms with Crippen LogP contribution >= 0.6 is 0 Å². The zero-order valence-electron chi connectivity index (χ0n) is 23.7. The Kier molecular flexibility index (Phi) is 28.2. The third-order valence-corrected chi connectivity index (χ3v) is 6.33. The van der Waals surface area contributed by atoms with Crippen LogP contribution in [0.4, 0.5) is 0 Å². The van der Waals surface area contributed by atoms with Crippen LogP contribution < -0.4 is 11.0 Å². The van der Waals surface area contributed by atoms with Gasteiger partial charge in [0.05, 0.1) is 0 Å². The van der Waals surface area contributed by atoms with Crippen molar-refractivity contribution in [3.8, 4) is 0 Å². The smallest absolute Gasteiger partial charge is 0.275 e. The van der Waals surface area contributed by atoms with E-state index in [4.69, 9.17) is 9.68 Å². The number of carbonyl (C=O) groups is 2. The molecule has 0 atom stereocenters. The summed E-state index contributed by atoms with van der Waals surface area (Å²) >= 11 is 0. The Morgan fingerprint density at radius 1 is 0.472 bits per heavy atom. The summed E-state index contributed by atoms with van der Waals surface area (Å²) in [7, 11) is 0. The van der Waals surface area contributed by atoms with E-state index in [1.54, 1.807) is 11.0 Å². The van der Waals surface area contributed by atoms with Crippen LogP contribution in [0.2, 0.25) is 0 Å². The van der Waals surface area contributed by atoms with Crippen LogP contribution in [0, 0.1) is 0 Å². The lowest BCUT2D eigenvalue weighted by Crippen LogP contribution is -2.84. The maximum atomic E-state index is 11.7. The summed E-state index contributed by atoms with van der Waals surface area (Å²) in [6.45, 7) is 6.07. The molecule has 0 saturated heterocycles. The highest BCUT2D eigenvalue weighted by Gasteiger charge is 2.01. The maximum Gasteiger partial charge on any atom is 0.390 e. The molecule has 0 aliphatic rings. The average Bonchev–Trinajstić information content (AvgIpc) is 2.88. The Morgan fingerprint density at radius 3 is 1.06 bits per heavy atom. The Balaban J connectivity index is 3.45. The predicted molar refractivity (Wildman–Crippen MR) is 148 cm³/mol. The second-order valence-corrected chi connectivity index (χ2v) is 9.87. The monoisotopic (exact) mass is 510 g/mol. The first-order chi connectivity index (χ1) is 17.7. The van der Waals surface area contributed by atoms with Crippen molar-refractivity contribution in [2.75, 3.05) is 13.1 Å². The summed E-state index contributed by atoms with van der Waals surface area (Å²) in [4.78, 5) is 33.5. The lowest BCUT2D eigenvalue weighted by Gasteiger charge is -2.02. The number of allylic oxidation sites excluding steroid dienone is 2. The first-order valence-electron chi connectivity index (χ1n) is 15.1. The molecule has 0 aromatic heterocycles. The van der Waals surface area contributed by atoms with E-state index >= 15 is 0 Å². The number of unbranched alkanes of at least 4 members (excludes halogenated alkanes) is 18. The van der Waals surface area contributed by atoms with Gasteiger partial charge in [0.25, 0.3) is 0 Å². The van der Waals surface area contributed by atoms with Gasteiger partial charge >= 0.3 is 11.9 Å². The minimum Gasteiger partial charge on any atom is -0.275 e. The van der Waals surface area contributed by atoms with Crippen molar-refractivity contribution < 1.29 is 30.2 Å². The van der Waals surface area contributed by atoms with Gasteiger partial charge in [-0.2, -0.15) is 11.0 Å². The van der Waals surface area contributed by atoms with Crippen LogP contribution in [0.25, 0.3) is 0 Å². The molecule has 0 aliphatic carbocycles. The first-order valence-corrected chi connectivity index (χ1v) is 15.1. The van der Waals surface area contributed by atoms with E-state index in [0.29, 0.717) is 0 Å². The van der Waals surface area contributed by atoms with Gasteiger partial charge in [0.15, 0.2) is 0 Å². The fraction of sp³-hybridized carbons (Fsp3) is 0.800. The summed E-state index contributed by atoms with van der Waals surface area (Å²) in [6.07, 6.45) is 31.5. The SMILES string of the molecule is CCCCCCCCCCCC[NH2+]OC(=O)/C=C\C=C/C(=O)O[NH2+]CCCCCCCCCCCC. The molecule has 0 spiro atoms. The van der Waals surface area contributed by atoms with Crippen LogP contribution in [-0.2, 0) is 19.3 Å². The van der Waals surface area contributed by atoms with E-state index < -0.39 is 11.9 Å². The third-order valence-electron chi connectivity index (χ3n) is 6.33. The molecule has 0 amide bonds. The highest BCUT2D eigenvalue weighted by molar-refractivity contribution is 5.83. The van der Waals surface area contributed by atoms with Gasteiger partial charge in [-0.25, -0.2) is 9.59 Å². The number of hydrogen-bond acceptors (Lipinski definition) is 4. The molecule has 0 fully saturated rings. The van der Waals surface area contributed by atoms with E-state index in [-0.39, 0.29) is 0 Å². The molecule has 6 nitrogen and oxygen atoms in total. The molecule has 0 heterocycles. The zero-order valence-corrected chi connectivity index (χ0v) is 23.7. The van der Waals surface area contributed by atoms with Gasteiger partial charge in [-0.1, -0.05) is 129 Å². The molecule has 0 aliphatic heterocycles. The van der Waals surface area contributed by atoms with Crippen molar-refractivity contribution in [3.05, 3.63) is 24.3 Å². The van der Waals surface area contributed by atoms with Crippen molar-refractivity contribution in [2.45, 2.75) is 142 Å². The van der Waals surface area contributed by atoms with Gasteiger partial charge < -0.3 is 0 Å². The summed E-state index contributed by atoms with van der Waals surface area (Å²) < 4.78 is 0. The van der Waals surface area contributed by atoms with E-state index in [1.807, 2.05) is 0 Å². The van der Waals surface area contributed by atoms with Gasteiger partial charge in [0.1, 0.15) is 13.1 Å². The van der Waals surface area contributed by atoms with Crippen LogP contribution in [0.15, 0.2) is 24.3 Å². The molecule has 210 valence electrons. The van der Waals surface area contributed by atoms with Gasteiger partial charge in [0.2, 0.25) is 0 Å². The lowest BCUT2D eigenvalue weighted by atomic mass is 10.1. The number of nitrogens with two attached hydrogens (primary N) is 2. The quantitative estimate of drug-likeness (QED) is 0.0616. The number of hydroxylamine groups is 2. The minimum absolute atomic E-state index is 0.424. The van der Waals surface area contributed by atoms with E-state index in [0.717, 1.165) is 25.9 Å². The fourth-order valence-corrected chi connectivity index (χ4v) is 4.06. The molecular formula is C30H58N2O4+2. The number of hydrogen-bond donors (Lipinski definition) is 2. The molecule has 0 aromatic carbocycles. The molecule has 0 bridgehead atoms. The van der Waals surface area contributed by atoms with Crippen LogP contribution in [0.5, 0.6) is 0 Å². The van der Waals surface area contributed by atoms with Crippen molar-refractivity contribution in [1.82, 2.24) is 0 Å². The Morgan fingerprint density at radius 2 is 0.750 bits per heavy atom. The normalized spacial score (nSPS) is 11.5. The highest BCUT2D eigenvalue weighted by Crippen LogP contribution is 2.11. The van der Waals surface area contributed by atoms with Crippen molar-refractivity contribution in [2.24, 2.45) is 0 Å². The standard InChI is InChI=1S/C30H56N2O4/c1-3-5-7-9-11-13-15-17-19-23-27-31-35-29(33)25-21-22-26-30(34)36-32-28-24-20-18-16-14-12-10-8-6-4-2/h21-22,25-26,31-32H,3-20,23-24,27-28H2,1-2H3/p+2/b25-21-,26-22-. The molecule has 0 aromatic rings. The van der Waals surface area contributed by atoms with Gasteiger partial charge in [-0.05, 0) is 12.8 Å². The topological polar surface area (TPSA) is 85.8 Å². The molecule has 0 saturated carbocycles. The van der Waals surface area contributed by atoms with E-state index in [1.165, 1.54) is 140 Å². The number of carbonyl (C=O) groups excluding carboxylic acids is 2. The third kappa shape index (κ3) is 28.6. The molecular weight excluding hydrogens is 452 g/mol. The second-order valence-electron chi connectivity index (χ2n) is 9.87. The molecule has 6 heteroatoms. The van der Waals surface area contributed by atoms with Gasteiger partial charge in [-0.3, -0.25) is 9.68 Å². The van der Waals surface area contributed by atoms with Crippen LogP contribution in [0.3, 0.4) is 0 Å². The van der Waals surface area contributed by atoms with Gasteiger partial charge in [-0.15, -0.1) is 0 Å². The van der Waals surface area contributed by atoms with E-state index in [9.17, 15) is 9.59 Å². The van der Waals surface area contributed by atoms with Crippen LogP contribution in [-0.4, -0.2) is 25.0 Å². The summed E-state index contributed by atoms with van der Waals surface area (Å²) in [6, 6.07) is 0. The van der Waals surface area contributed by atoms with Gasteiger partial charge in [0, 0.05) is 25.0 Å². The molecule has 0 radical (unpaired) electrons. The molecule has 4 N–H and O–H groups in total. The summed E-state index contributed by atoms with van der Waals surface area (Å²) in [5, 5.41) is 0. The summed E-state index contributed by atoms with van der Waals surface area (Å²) in [5.41, 5.74) is 3.16. The Labute approximate surface area is 222 Å². The molecule has 36 heavy (non-hydrogen) atoms. The van der Waals surface area contributed by atoms with Crippen molar-refractivity contribution in [3.63, 3.8) is 0 Å². The zero-order chi connectivity index (χ0) is 26.4. The summed E-state index contributed by atoms with van der Waals surface area (Å²) in [5.74, 6) is -0.847.